The number of nitrogens with one attached hydrogen (secondary N) is 1. The molecule has 6 heteroatoms. The summed E-state index contributed by atoms with van der Waals surface area (Å²) in [6, 6.07) is 13.5. The number of hydrogen-bond acceptors (Lipinski definition) is 3. The van der Waals surface area contributed by atoms with Crippen LogP contribution in [0, 0.1) is 0 Å². The fourth-order valence-corrected chi connectivity index (χ4v) is 3.35. The van der Waals surface area contributed by atoms with Crippen molar-refractivity contribution in [3.05, 3.63) is 59.2 Å². The third-order valence-electron chi connectivity index (χ3n) is 4.46. The van der Waals surface area contributed by atoms with Gasteiger partial charge in [0.25, 0.3) is 5.91 Å². The Bertz CT molecular complexity index is 883. The molecule has 0 aliphatic carbocycles. The van der Waals surface area contributed by atoms with Gasteiger partial charge in [-0.05, 0) is 30.3 Å². The Morgan fingerprint density at radius 1 is 1.08 bits per heavy atom. The van der Waals surface area contributed by atoms with Gasteiger partial charge in [0.15, 0.2) is 0 Å². The average Bonchev–Trinajstić information content (AvgIpc) is 3.10. The molecule has 0 unspecified atom stereocenters. The number of carbonyl (C=O) groups excluding carboxylic acids is 1. The van der Waals surface area contributed by atoms with Crippen LogP contribution in [-0.4, -0.2) is 47.2 Å². The van der Waals surface area contributed by atoms with Gasteiger partial charge in [-0.25, -0.2) is 0 Å². The number of hydrogen-bond donors (Lipinski definition) is 1. The number of nitrogens with zero attached hydrogens (tertiary/aromatic N) is 3. The van der Waals surface area contributed by atoms with Gasteiger partial charge in [0.2, 0.25) is 0 Å². The van der Waals surface area contributed by atoms with Crippen LogP contribution in [0.2, 0.25) is 5.02 Å². The lowest BCUT2D eigenvalue weighted by Gasteiger charge is -2.36. The first-order valence-electron chi connectivity index (χ1n) is 7.94. The van der Waals surface area contributed by atoms with E-state index in [0.29, 0.717) is 18.7 Å². The number of H-pyrrole nitrogens is 1. The summed E-state index contributed by atoms with van der Waals surface area (Å²) in [6.45, 7) is 2.99. The largest absolute Gasteiger partial charge is 0.368 e. The summed E-state index contributed by atoms with van der Waals surface area (Å²) in [5.41, 5.74) is 2.70. The highest BCUT2D eigenvalue weighted by molar-refractivity contribution is 6.30. The van der Waals surface area contributed by atoms with Crippen molar-refractivity contribution in [2.45, 2.75) is 0 Å². The van der Waals surface area contributed by atoms with Crippen molar-refractivity contribution in [1.82, 2.24) is 15.1 Å². The lowest BCUT2D eigenvalue weighted by molar-refractivity contribution is 0.0749. The molecule has 4 rings (SSSR count). The molecular weight excluding hydrogens is 324 g/mol. The summed E-state index contributed by atoms with van der Waals surface area (Å²) in [4.78, 5) is 17.0. The average molecular weight is 341 g/mol. The number of amides is 1. The molecule has 0 radical (unpaired) electrons. The molecule has 1 N–H and O–H groups in total. The lowest BCUT2D eigenvalue weighted by Crippen LogP contribution is -2.48. The number of rotatable bonds is 2. The van der Waals surface area contributed by atoms with Gasteiger partial charge in [0, 0.05) is 42.3 Å². The van der Waals surface area contributed by atoms with Crippen LogP contribution >= 0.6 is 11.6 Å². The summed E-state index contributed by atoms with van der Waals surface area (Å²) < 4.78 is 0. The normalized spacial score (nSPS) is 15.0. The minimum Gasteiger partial charge on any atom is -0.368 e. The molecule has 2 aromatic carbocycles. The zero-order chi connectivity index (χ0) is 16.5. The second-order valence-electron chi connectivity index (χ2n) is 5.90. The maximum absolute atomic E-state index is 12.9. The van der Waals surface area contributed by atoms with Gasteiger partial charge < -0.3 is 9.80 Å². The number of fused-ring (bicyclic) bond motifs is 1. The molecule has 1 amide bonds. The summed E-state index contributed by atoms with van der Waals surface area (Å²) in [5.74, 6) is 0.0627. The summed E-state index contributed by atoms with van der Waals surface area (Å²) in [5, 5.41) is 8.55. The van der Waals surface area contributed by atoms with Crippen LogP contribution in [0.3, 0.4) is 0 Å². The van der Waals surface area contributed by atoms with Gasteiger partial charge in [-0.2, -0.15) is 5.10 Å². The standard InChI is InChI=1S/C18H17ClN4O/c19-13-3-1-4-14(11-13)22-7-9-23(10-8-22)18(24)15-5-2-6-17-16(15)12-20-21-17/h1-6,11-12H,7-10H2,(H,20,21). The van der Waals surface area contributed by atoms with E-state index in [0.717, 1.165) is 34.7 Å². The fraction of sp³-hybridized carbons (Fsp3) is 0.222. The monoisotopic (exact) mass is 340 g/mol. The van der Waals surface area contributed by atoms with Gasteiger partial charge in [0.1, 0.15) is 0 Å². The predicted octanol–water partition coefficient (Wildman–Crippen LogP) is 3.18. The highest BCUT2D eigenvalue weighted by Crippen LogP contribution is 2.22. The summed E-state index contributed by atoms with van der Waals surface area (Å²) in [6.07, 6.45) is 1.71. The van der Waals surface area contributed by atoms with Crippen LogP contribution < -0.4 is 4.90 Å². The molecule has 1 aromatic heterocycles. The Morgan fingerprint density at radius 2 is 1.88 bits per heavy atom. The number of benzene rings is 2. The van der Waals surface area contributed by atoms with E-state index in [-0.39, 0.29) is 5.91 Å². The fourth-order valence-electron chi connectivity index (χ4n) is 3.17. The minimum absolute atomic E-state index is 0.0627. The molecule has 122 valence electrons. The Hall–Kier alpha value is -2.53. The van der Waals surface area contributed by atoms with E-state index < -0.39 is 0 Å². The molecule has 24 heavy (non-hydrogen) atoms. The second-order valence-corrected chi connectivity index (χ2v) is 6.33. The number of piperazine rings is 1. The zero-order valence-electron chi connectivity index (χ0n) is 13.1. The lowest BCUT2D eigenvalue weighted by atomic mass is 10.1. The van der Waals surface area contributed by atoms with Gasteiger partial charge in [0.05, 0.1) is 17.3 Å². The second kappa shape index (κ2) is 6.17. The zero-order valence-corrected chi connectivity index (χ0v) is 13.8. The van der Waals surface area contributed by atoms with Gasteiger partial charge in [-0.15, -0.1) is 0 Å². The highest BCUT2D eigenvalue weighted by Gasteiger charge is 2.23. The first kappa shape index (κ1) is 15.0. The van der Waals surface area contributed by atoms with E-state index in [9.17, 15) is 4.79 Å². The van der Waals surface area contributed by atoms with Crippen LogP contribution in [0.5, 0.6) is 0 Å². The molecule has 0 bridgehead atoms. The van der Waals surface area contributed by atoms with Crippen molar-refractivity contribution in [1.29, 1.82) is 0 Å². The van der Waals surface area contributed by atoms with Crippen molar-refractivity contribution in [3.8, 4) is 0 Å². The highest BCUT2D eigenvalue weighted by atomic mass is 35.5. The van der Waals surface area contributed by atoms with Crippen molar-refractivity contribution in [3.63, 3.8) is 0 Å². The summed E-state index contributed by atoms with van der Waals surface area (Å²) >= 11 is 6.07. The minimum atomic E-state index is 0.0627. The molecule has 0 atom stereocenters. The molecule has 1 aliphatic heterocycles. The Labute approximate surface area is 144 Å². The smallest absolute Gasteiger partial charge is 0.254 e. The Balaban J connectivity index is 1.49. The molecule has 2 heterocycles. The summed E-state index contributed by atoms with van der Waals surface area (Å²) in [7, 11) is 0. The molecule has 5 nitrogen and oxygen atoms in total. The van der Waals surface area contributed by atoms with Gasteiger partial charge in [-0.3, -0.25) is 9.89 Å². The van der Waals surface area contributed by atoms with E-state index in [1.54, 1.807) is 6.20 Å². The number of halogens is 1. The van der Waals surface area contributed by atoms with Crippen molar-refractivity contribution >= 4 is 34.1 Å². The molecule has 0 spiro atoms. The van der Waals surface area contributed by atoms with E-state index in [2.05, 4.69) is 21.2 Å². The Morgan fingerprint density at radius 3 is 2.67 bits per heavy atom. The molecule has 0 saturated carbocycles. The van der Waals surface area contributed by atoms with Crippen molar-refractivity contribution < 1.29 is 4.79 Å². The molecule has 1 fully saturated rings. The molecule has 1 saturated heterocycles. The number of aromatic nitrogens is 2. The van der Waals surface area contributed by atoms with Crippen LogP contribution in [0.25, 0.3) is 10.9 Å². The first-order chi connectivity index (χ1) is 11.7. The number of anilines is 1. The first-order valence-corrected chi connectivity index (χ1v) is 8.32. The quantitative estimate of drug-likeness (QED) is 0.779. The molecule has 3 aromatic rings. The maximum Gasteiger partial charge on any atom is 0.254 e. The Kier molecular flexibility index (Phi) is 3.86. The maximum atomic E-state index is 12.9. The molecule has 1 aliphatic rings. The number of aromatic amines is 1. The topological polar surface area (TPSA) is 52.2 Å². The van der Waals surface area contributed by atoms with Crippen LogP contribution in [0.1, 0.15) is 10.4 Å². The third-order valence-corrected chi connectivity index (χ3v) is 4.69. The van der Waals surface area contributed by atoms with Crippen molar-refractivity contribution in [2.24, 2.45) is 0 Å². The van der Waals surface area contributed by atoms with E-state index >= 15 is 0 Å². The van der Waals surface area contributed by atoms with E-state index in [4.69, 9.17) is 11.6 Å². The SMILES string of the molecule is O=C(c1cccc2[nH]ncc12)N1CCN(c2cccc(Cl)c2)CC1. The van der Waals surface area contributed by atoms with E-state index in [1.165, 1.54) is 0 Å². The van der Waals surface area contributed by atoms with Crippen LogP contribution in [0.15, 0.2) is 48.7 Å². The van der Waals surface area contributed by atoms with Crippen LogP contribution in [0.4, 0.5) is 5.69 Å². The van der Waals surface area contributed by atoms with Gasteiger partial charge in [-0.1, -0.05) is 23.7 Å². The van der Waals surface area contributed by atoms with Crippen LogP contribution in [-0.2, 0) is 0 Å². The van der Waals surface area contributed by atoms with Gasteiger partial charge >= 0.3 is 0 Å². The number of carbonyl (C=O) groups is 1. The third kappa shape index (κ3) is 2.71. The predicted molar refractivity (Wildman–Crippen MR) is 95.7 cm³/mol. The molecular formula is C18H17ClN4O. The van der Waals surface area contributed by atoms with Crippen molar-refractivity contribution in [2.75, 3.05) is 31.1 Å². The van der Waals surface area contributed by atoms with E-state index in [1.807, 2.05) is 41.3 Å².